The Labute approximate surface area is 234 Å². The maximum atomic E-state index is 12.8. The maximum Gasteiger partial charge on any atom is 0.416 e. The number of esters is 1. The van der Waals surface area contributed by atoms with Crippen LogP contribution in [0, 0.1) is 0 Å². The number of allylic oxidation sites excluding steroid dienone is 2. The summed E-state index contributed by atoms with van der Waals surface area (Å²) in [5.41, 5.74) is 3.56. The summed E-state index contributed by atoms with van der Waals surface area (Å²) >= 11 is 0. The molecule has 2 aromatic carbocycles. The number of carbonyl (C=O) groups excluding carboxylic acids is 2. The van der Waals surface area contributed by atoms with Gasteiger partial charge in [-0.1, -0.05) is 19.1 Å². The standard InChI is InChI=1S/C30H37F3N4O3/c1-8-20(2)27(36(3)4)25(19-26(38)40-7)28(37(5)6)34-18-17-21-9-15-24(16-10-21)35-29(39)22-11-13-23(14-12-22)30(31,32)33/h9-16,18H,8,17,19H2,1-7H3,(H,35,39)/b27-20-,28-25+,34-18?. The van der Waals surface area contributed by atoms with Crippen molar-refractivity contribution < 1.29 is 27.5 Å². The summed E-state index contributed by atoms with van der Waals surface area (Å²) in [6.07, 6.45) is -1.33. The van der Waals surface area contributed by atoms with E-state index in [0.717, 1.165) is 53.1 Å². The van der Waals surface area contributed by atoms with Crippen molar-refractivity contribution in [3.63, 3.8) is 0 Å². The molecule has 0 spiro atoms. The number of alkyl halides is 3. The second-order valence-corrected chi connectivity index (χ2v) is 9.57. The molecule has 10 heteroatoms. The van der Waals surface area contributed by atoms with Crippen molar-refractivity contribution in [2.24, 2.45) is 4.99 Å². The number of carbonyl (C=O) groups is 2. The zero-order valence-electron chi connectivity index (χ0n) is 24.0. The molecule has 0 bridgehead atoms. The molecule has 40 heavy (non-hydrogen) atoms. The first-order chi connectivity index (χ1) is 18.8. The van der Waals surface area contributed by atoms with Crippen LogP contribution in [0.15, 0.2) is 76.2 Å². The number of likely N-dealkylation sites (N-methyl/N-ethyl adjacent to an activating group) is 1. The molecule has 0 saturated carbocycles. The molecular weight excluding hydrogens is 521 g/mol. The Bertz CT molecular complexity index is 1260. The highest BCUT2D eigenvalue weighted by molar-refractivity contribution is 6.04. The summed E-state index contributed by atoms with van der Waals surface area (Å²) < 4.78 is 43.2. The smallest absolute Gasteiger partial charge is 0.416 e. The molecule has 0 aliphatic heterocycles. The number of anilines is 1. The Kier molecular flexibility index (Phi) is 11.5. The SMILES string of the molecule is CC/C(C)=C(/C(CC(=O)OC)=C(\N=CCc1ccc(NC(=O)c2ccc(C(F)(F)F)cc2)cc1)N(C)C)N(C)C. The number of nitrogens with zero attached hydrogens (tertiary/aromatic N) is 3. The van der Waals surface area contributed by atoms with Crippen molar-refractivity contribution in [2.45, 2.75) is 39.3 Å². The molecule has 0 atom stereocenters. The van der Waals surface area contributed by atoms with Gasteiger partial charge in [0.1, 0.15) is 5.82 Å². The van der Waals surface area contributed by atoms with Crippen molar-refractivity contribution in [3.8, 4) is 0 Å². The molecule has 0 aromatic heterocycles. The molecule has 2 aromatic rings. The number of amides is 1. The maximum absolute atomic E-state index is 12.8. The molecule has 0 saturated heterocycles. The fraction of sp³-hybridized carbons (Fsp3) is 0.367. The van der Waals surface area contributed by atoms with Crippen molar-refractivity contribution in [2.75, 3.05) is 40.6 Å². The number of rotatable bonds is 11. The Hall–Kier alpha value is -4.08. The number of ether oxygens (including phenoxy) is 1. The third-order valence-corrected chi connectivity index (χ3v) is 6.14. The molecule has 7 nitrogen and oxygen atoms in total. The second kappa shape index (κ2) is 14.3. The molecular formula is C30H37F3N4O3. The summed E-state index contributed by atoms with van der Waals surface area (Å²) in [6.45, 7) is 4.09. The first kappa shape index (κ1) is 32.1. The number of methoxy groups -OCH3 is 1. The van der Waals surface area contributed by atoms with Gasteiger partial charge in [-0.25, -0.2) is 4.99 Å². The lowest BCUT2D eigenvalue weighted by Gasteiger charge is -2.26. The van der Waals surface area contributed by atoms with Gasteiger partial charge in [-0.05, 0) is 60.9 Å². The van der Waals surface area contributed by atoms with Gasteiger partial charge in [0.25, 0.3) is 5.91 Å². The van der Waals surface area contributed by atoms with E-state index < -0.39 is 17.6 Å². The van der Waals surface area contributed by atoms with Crippen LogP contribution in [0.4, 0.5) is 18.9 Å². The molecule has 0 heterocycles. The van der Waals surface area contributed by atoms with E-state index in [1.807, 2.05) is 57.0 Å². The van der Waals surface area contributed by atoms with Crippen LogP contribution in [0.25, 0.3) is 0 Å². The number of benzene rings is 2. The summed E-state index contributed by atoms with van der Waals surface area (Å²) in [5, 5.41) is 2.69. The number of nitrogens with one attached hydrogen (secondary N) is 1. The van der Waals surface area contributed by atoms with Crippen LogP contribution in [-0.2, 0) is 22.1 Å². The average molecular weight is 559 g/mol. The second-order valence-electron chi connectivity index (χ2n) is 9.57. The van der Waals surface area contributed by atoms with E-state index in [2.05, 4.69) is 12.2 Å². The largest absolute Gasteiger partial charge is 0.469 e. The van der Waals surface area contributed by atoms with Crippen molar-refractivity contribution in [1.29, 1.82) is 0 Å². The Morgan fingerprint density at radius 3 is 2.05 bits per heavy atom. The topological polar surface area (TPSA) is 74.2 Å². The third-order valence-electron chi connectivity index (χ3n) is 6.14. The van der Waals surface area contributed by atoms with Gasteiger partial charge in [0, 0.05) is 63.3 Å². The van der Waals surface area contributed by atoms with E-state index in [9.17, 15) is 22.8 Å². The van der Waals surface area contributed by atoms with Crippen molar-refractivity contribution in [3.05, 3.63) is 87.9 Å². The molecule has 0 fully saturated rings. The van der Waals surface area contributed by atoms with Gasteiger partial charge in [0.15, 0.2) is 0 Å². The lowest BCUT2D eigenvalue weighted by molar-refractivity contribution is -0.140. The molecule has 2 rings (SSSR count). The van der Waals surface area contributed by atoms with E-state index >= 15 is 0 Å². The molecule has 0 radical (unpaired) electrons. The number of halogens is 3. The predicted octanol–water partition coefficient (Wildman–Crippen LogP) is 6.15. The van der Waals surface area contributed by atoms with Gasteiger partial charge >= 0.3 is 12.1 Å². The van der Waals surface area contributed by atoms with Crippen LogP contribution in [0.2, 0.25) is 0 Å². The molecule has 0 aliphatic carbocycles. The minimum atomic E-state index is -4.46. The van der Waals surface area contributed by atoms with Gasteiger partial charge in [0.05, 0.1) is 19.1 Å². The Balaban J connectivity index is 2.23. The van der Waals surface area contributed by atoms with E-state index in [1.165, 1.54) is 7.11 Å². The van der Waals surface area contributed by atoms with Crippen LogP contribution < -0.4 is 5.32 Å². The predicted molar refractivity (Wildman–Crippen MR) is 152 cm³/mol. The van der Waals surface area contributed by atoms with Crippen LogP contribution in [0.3, 0.4) is 0 Å². The zero-order chi connectivity index (χ0) is 30.0. The highest BCUT2D eigenvalue weighted by Gasteiger charge is 2.30. The normalized spacial score (nSPS) is 12.9. The Morgan fingerprint density at radius 2 is 1.57 bits per heavy atom. The number of hydrogen-bond acceptors (Lipinski definition) is 6. The van der Waals surface area contributed by atoms with Crippen LogP contribution in [-0.4, -0.2) is 63.2 Å². The van der Waals surface area contributed by atoms with Gasteiger partial charge in [-0.3, -0.25) is 9.59 Å². The van der Waals surface area contributed by atoms with E-state index in [0.29, 0.717) is 17.9 Å². The van der Waals surface area contributed by atoms with Crippen molar-refractivity contribution in [1.82, 2.24) is 9.80 Å². The molecule has 0 aliphatic rings. The molecule has 1 amide bonds. The van der Waals surface area contributed by atoms with Gasteiger partial charge in [0.2, 0.25) is 0 Å². The molecule has 1 N–H and O–H groups in total. The summed E-state index contributed by atoms with van der Waals surface area (Å²) in [4.78, 5) is 33.3. The van der Waals surface area contributed by atoms with Crippen LogP contribution in [0.5, 0.6) is 0 Å². The summed E-state index contributed by atoms with van der Waals surface area (Å²) in [5.74, 6) is -0.224. The minimum absolute atomic E-state index is 0.0690. The fourth-order valence-corrected chi connectivity index (χ4v) is 4.00. The highest BCUT2D eigenvalue weighted by atomic mass is 19.4. The first-order valence-electron chi connectivity index (χ1n) is 12.7. The van der Waals surface area contributed by atoms with E-state index in [-0.39, 0.29) is 18.0 Å². The van der Waals surface area contributed by atoms with Crippen LogP contribution >= 0.6 is 0 Å². The quantitative estimate of drug-likeness (QED) is 0.203. The first-order valence-corrected chi connectivity index (χ1v) is 12.7. The summed E-state index contributed by atoms with van der Waals surface area (Å²) in [6, 6.07) is 11.1. The third kappa shape index (κ3) is 9.00. The monoisotopic (exact) mass is 558 g/mol. The van der Waals surface area contributed by atoms with Gasteiger partial charge in [-0.2, -0.15) is 13.2 Å². The Morgan fingerprint density at radius 1 is 0.975 bits per heavy atom. The van der Waals surface area contributed by atoms with E-state index in [4.69, 9.17) is 9.73 Å². The van der Waals surface area contributed by atoms with E-state index in [1.54, 1.807) is 18.3 Å². The van der Waals surface area contributed by atoms with Crippen LogP contribution in [0.1, 0.15) is 48.2 Å². The average Bonchev–Trinajstić information content (AvgIpc) is 2.90. The minimum Gasteiger partial charge on any atom is -0.469 e. The zero-order valence-corrected chi connectivity index (χ0v) is 24.0. The van der Waals surface area contributed by atoms with Gasteiger partial charge < -0.3 is 19.9 Å². The summed E-state index contributed by atoms with van der Waals surface area (Å²) in [7, 11) is 8.96. The highest BCUT2D eigenvalue weighted by Crippen LogP contribution is 2.29. The molecule has 0 unspecified atom stereocenters. The molecule has 216 valence electrons. The number of aliphatic imine (C=N–C) groups is 1. The fourth-order valence-electron chi connectivity index (χ4n) is 4.00. The lowest BCUT2D eigenvalue weighted by atomic mass is 10.0. The number of hydrogen-bond donors (Lipinski definition) is 1. The van der Waals surface area contributed by atoms with Gasteiger partial charge in [-0.15, -0.1) is 0 Å². The lowest BCUT2D eigenvalue weighted by Crippen LogP contribution is -2.22. The van der Waals surface area contributed by atoms with Crippen molar-refractivity contribution >= 4 is 23.8 Å².